The van der Waals surface area contributed by atoms with Gasteiger partial charge in [-0.2, -0.15) is 0 Å². The summed E-state index contributed by atoms with van der Waals surface area (Å²) in [4.78, 5) is 2.46. The van der Waals surface area contributed by atoms with E-state index in [4.69, 9.17) is 4.74 Å². The van der Waals surface area contributed by atoms with Gasteiger partial charge in [0.25, 0.3) is 0 Å². The molecule has 5 nitrogen and oxygen atoms in total. The number of nitrogens with one attached hydrogen (secondary N) is 1. The number of sulfone groups is 1. The van der Waals surface area contributed by atoms with Crippen molar-refractivity contribution in [3.63, 3.8) is 0 Å². The predicted molar refractivity (Wildman–Crippen MR) is 125 cm³/mol. The van der Waals surface area contributed by atoms with Crippen molar-refractivity contribution in [1.29, 1.82) is 0 Å². The minimum atomic E-state index is -3.68. The van der Waals surface area contributed by atoms with E-state index in [1.807, 2.05) is 0 Å². The summed E-state index contributed by atoms with van der Waals surface area (Å²) < 4.78 is 58.1. The maximum Gasteiger partial charge on any atom is 0.176 e. The Morgan fingerprint density at radius 1 is 1.12 bits per heavy atom. The van der Waals surface area contributed by atoms with Gasteiger partial charge in [-0.15, -0.1) is 0 Å². The minimum Gasteiger partial charge on any atom is -0.383 e. The molecule has 178 valence electrons. The standard InChI is InChI=1S/C25H30F2N2O3S/c1-32-16-24(29-9-3-4-10-29)18-7-5-17(6-8-18)11-23-22(15-28-23)25(33(2,30)31)19-12-20(26)14-21(27)13-19/h5-8,12-14,23-24,28H,3-4,9-11,15-16H2,1-2H3/t23-,24?/m0/s1. The largest absolute Gasteiger partial charge is 0.383 e. The summed E-state index contributed by atoms with van der Waals surface area (Å²) in [6.07, 6.45) is 4.08. The molecule has 2 aromatic carbocycles. The number of hydrogen-bond acceptors (Lipinski definition) is 5. The molecule has 0 bridgehead atoms. The van der Waals surface area contributed by atoms with Crippen LogP contribution in [-0.2, 0) is 21.0 Å². The Hall–Kier alpha value is -2.13. The lowest BCUT2D eigenvalue weighted by Crippen LogP contribution is -2.48. The summed E-state index contributed by atoms with van der Waals surface area (Å²) in [7, 11) is -1.96. The summed E-state index contributed by atoms with van der Waals surface area (Å²) in [6, 6.07) is 11.3. The molecule has 2 fully saturated rings. The number of nitrogens with zero attached hydrogens (tertiary/aromatic N) is 1. The molecule has 0 saturated carbocycles. The minimum absolute atomic E-state index is 0.00969. The maximum absolute atomic E-state index is 13.8. The second-order valence-electron chi connectivity index (χ2n) is 8.88. The molecule has 0 radical (unpaired) electrons. The molecular formula is C25H30F2N2O3S. The Balaban J connectivity index is 1.57. The summed E-state index contributed by atoms with van der Waals surface area (Å²) in [5, 5.41) is 3.26. The number of benzene rings is 2. The second kappa shape index (κ2) is 10.0. The van der Waals surface area contributed by atoms with Crippen LogP contribution in [0.4, 0.5) is 8.78 Å². The SMILES string of the molecule is COCC(c1ccc(C[C@@H]2NCC2=C(c2cc(F)cc(F)c2)S(C)(=O)=O)cc1)N1CCCC1. The van der Waals surface area contributed by atoms with Gasteiger partial charge in [0.2, 0.25) is 0 Å². The highest BCUT2D eigenvalue weighted by atomic mass is 32.2. The number of methoxy groups -OCH3 is 1. The van der Waals surface area contributed by atoms with Crippen molar-refractivity contribution >= 4 is 14.7 Å². The second-order valence-corrected chi connectivity index (χ2v) is 10.8. The van der Waals surface area contributed by atoms with Crippen LogP contribution in [0.15, 0.2) is 48.0 Å². The normalized spacial score (nSPS) is 21.6. The van der Waals surface area contributed by atoms with Crippen LogP contribution < -0.4 is 5.32 Å². The maximum atomic E-state index is 13.8. The van der Waals surface area contributed by atoms with Crippen molar-refractivity contribution in [2.75, 3.05) is 39.6 Å². The summed E-state index contributed by atoms with van der Waals surface area (Å²) in [5.74, 6) is -1.59. The van der Waals surface area contributed by atoms with Crippen LogP contribution in [0.2, 0.25) is 0 Å². The van der Waals surface area contributed by atoms with Crippen molar-refractivity contribution in [2.45, 2.75) is 31.3 Å². The third-order valence-electron chi connectivity index (χ3n) is 6.46. The first-order valence-corrected chi connectivity index (χ1v) is 13.1. The molecule has 33 heavy (non-hydrogen) atoms. The molecule has 0 spiro atoms. The van der Waals surface area contributed by atoms with Crippen molar-refractivity contribution < 1.29 is 21.9 Å². The van der Waals surface area contributed by atoms with Crippen LogP contribution >= 0.6 is 0 Å². The van der Waals surface area contributed by atoms with E-state index in [1.165, 1.54) is 18.4 Å². The van der Waals surface area contributed by atoms with Gasteiger partial charge in [0.05, 0.1) is 17.6 Å². The van der Waals surface area contributed by atoms with Gasteiger partial charge in [-0.25, -0.2) is 17.2 Å². The summed E-state index contributed by atoms with van der Waals surface area (Å²) in [5.41, 5.74) is 2.97. The zero-order valence-corrected chi connectivity index (χ0v) is 19.8. The van der Waals surface area contributed by atoms with Gasteiger partial charge in [0.1, 0.15) is 11.6 Å². The van der Waals surface area contributed by atoms with E-state index in [0.29, 0.717) is 25.1 Å². The highest BCUT2D eigenvalue weighted by molar-refractivity contribution is 8.00. The number of likely N-dealkylation sites (tertiary alicyclic amines) is 1. The third-order valence-corrected chi connectivity index (χ3v) is 7.70. The first kappa shape index (κ1) is 24.0. The van der Waals surface area contributed by atoms with E-state index in [9.17, 15) is 17.2 Å². The highest BCUT2D eigenvalue weighted by Gasteiger charge is 2.32. The van der Waals surface area contributed by atoms with Crippen LogP contribution in [0, 0.1) is 11.6 Å². The molecule has 1 unspecified atom stereocenters. The van der Waals surface area contributed by atoms with Gasteiger partial charge < -0.3 is 10.1 Å². The van der Waals surface area contributed by atoms with Gasteiger partial charge in [-0.1, -0.05) is 24.3 Å². The molecule has 2 aromatic rings. The monoisotopic (exact) mass is 476 g/mol. The topological polar surface area (TPSA) is 58.6 Å². The van der Waals surface area contributed by atoms with Gasteiger partial charge in [0.15, 0.2) is 9.84 Å². The van der Waals surface area contributed by atoms with Crippen LogP contribution in [0.5, 0.6) is 0 Å². The van der Waals surface area contributed by atoms with Crippen LogP contribution in [0.3, 0.4) is 0 Å². The third kappa shape index (κ3) is 5.51. The van der Waals surface area contributed by atoms with E-state index in [-0.39, 0.29) is 22.6 Å². The van der Waals surface area contributed by atoms with Gasteiger partial charge in [-0.05, 0) is 66.7 Å². The lowest BCUT2D eigenvalue weighted by Gasteiger charge is -2.34. The Kier molecular flexibility index (Phi) is 7.28. The van der Waals surface area contributed by atoms with Gasteiger partial charge >= 0.3 is 0 Å². The number of ether oxygens (including phenoxy) is 1. The first-order chi connectivity index (χ1) is 15.8. The van der Waals surface area contributed by atoms with E-state index in [2.05, 4.69) is 34.5 Å². The highest BCUT2D eigenvalue weighted by Crippen LogP contribution is 2.32. The fourth-order valence-corrected chi connectivity index (χ4v) is 6.08. The fraction of sp³-hybridized carbons (Fsp3) is 0.440. The van der Waals surface area contributed by atoms with E-state index >= 15 is 0 Å². The molecule has 8 heteroatoms. The average Bonchev–Trinajstić information content (AvgIpc) is 3.26. The molecular weight excluding hydrogens is 446 g/mol. The molecule has 0 aliphatic carbocycles. The fourth-order valence-electron chi connectivity index (χ4n) is 4.84. The van der Waals surface area contributed by atoms with Crippen molar-refractivity contribution in [2.24, 2.45) is 0 Å². The molecule has 2 aliphatic heterocycles. The number of rotatable bonds is 8. The zero-order chi connectivity index (χ0) is 23.6. The Morgan fingerprint density at radius 2 is 1.76 bits per heavy atom. The smallest absolute Gasteiger partial charge is 0.176 e. The van der Waals surface area contributed by atoms with Crippen LogP contribution in [0.25, 0.3) is 4.91 Å². The molecule has 2 saturated heterocycles. The predicted octanol–water partition coefficient (Wildman–Crippen LogP) is 3.72. The molecule has 4 rings (SSSR count). The van der Waals surface area contributed by atoms with Crippen LogP contribution in [-0.4, -0.2) is 59.0 Å². The van der Waals surface area contributed by atoms with E-state index in [0.717, 1.165) is 43.1 Å². The van der Waals surface area contributed by atoms with Gasteiger partial charge in [0, 0.05) is 32.0 Å². The Morgan fingerprint density at radius 3 is 2.27 bits per heavy atom. The first-order valence-electron chi connectivity index (χ1n) is 11.2. The Bertz CT molecular complexity index is 1110. The lowest BCUT2D eigenvalue weighted by atomic mass is 9.90. The average molecular weight is 477 g/mol. The molecule has 1 N–H and O–H groups in total. The molecule has 0 aromatic heterocycles. The quantitative estimate of drug-likeness (QED) is 0.630. The van der Waals surface area contributed by atoms with E-state index < -0.39 is 21.5 Å². The molecule has 2 heterocycles. The number of halogens is 2. The molecule has 2 atom stereocenters. The van der Waals surface area contributed by atoms with Crippen molar-refractivity contribution in [3.05, 3.63) is 76.4 Å². The molecule has 2 aliphatic rings. The Labute approximate surface area is 194 Å². The molecule has 0 amide bonds. The van der Waals surface area contributed by atoms with Crippen LogP contribution in [0.1, 0.15) is 35.6 Å². The lowest BCUT2D eigenvalue weighted by molar-refractivity contribution is 0.105. The van der Waals surface area contributed by atoms with E-state index in [1.54, 1.807) is 7.11 Å². The van der Waals surface area contributed by atoms with Crippen molar-refractivity contribution in [1.82, 2.24) is 10.2 Å². The number of hydrogen-bond donors (Lipinski definition) is 1. The zero-order valence-electron chi connectivity index (χ0n) is 19.0. The van der Waals surface area contributed by atoms with Gasteiger partial charge in [-0.3, -0.25) is 4.90 Å². The van der Waals surface area contributed by atoms with Crippen molar-refractivity contribution in [3.8, 4) is 0 Å². The summed E-state index contributed by atoms with van der Waals surface area (Å²) >= 11 is 0. The summed E-state index contributed by atoms with van der Waals surface area (Å²) in [6.45, 7) is 3.15.